The lowest BCUT2D eigenvalue weighted by molar-refractivity contribution is 0.0283. The van der Waals surface area contributed by atoms with E-state index in [2.05, 4.69) is 22.3 Å². The summed E-state index contributed by atoms with van der Waals surface area (Å²) in [5.41, 5.74) is -0.480. The Labute approximate surface area is 160 Å². The van der Waals surface area contributed by atoms with Crippen LogP contribution in [0.15, 0.2) is 35.2 Å². The van der Waals surface area contributed by atoms with E-state index in [1.54, 1.807) is 11.8 Å². The fraction of sp³-hybridized carbons (Fsp3) is 0.650. The first-order valence-corrected chi connectivity index (χ1v) is 10.4. The van der Waals surface area contributed by atoms with Crippen molar-refractivity contribution in [1.82, 2.24) is 10.2 Å². The van der Waals surface area contributed by atoms with Crippen LogP contribution in [0.1, 0.15) is 33.6 Å². The van der Waals surface area contributed by atoms with Gasteiger partial charge in [-0.2, -0.15) is 0 Å². The largest absolute Gasteiger partial charge is 0.444 e. The van der Waals surface area contributed by atoms with Crippen LogP contribution >= 0.6 is 11.8 Å². The Morgan fingerprint density at radius 3 is 2.77 bits per heavy atom. The molecule has 3 rings (SSSR count). The van der Waals surface area contributed by atoms with E-state index < -0.39 is 5.60 Å². The maximum atomic E-state index is 12.2. The quantitative estimate of drug-likeness (QED) is 0.736. The molecule has 1 amide bonds. The molecule has 2 aliphatic heterocycles. The second kappa shape index (κ2) is 8.63. The van der Waals surface area contributed by atoms with Crippen molar-refractivity contribution in [2.45, 2.75) is 62.3 Å². The zero-order valence-electron chi connectivity index (χ0n) is 15.9. The number of thioether (sulfide) groups is 1. The average Bonchev–Trinajstić information content (AvgIpc) is 3.19. The molecule has 0 aliphatic carbocycles. The van der Waals surface area contributed by atoms with Crippen LogP contribution < -0.4 is 5.32 Å². The zero-order chi connectivity index (χ0) is 18.6. The van der Waals surface area contributed by atoms with Gasteiger partial charge in [-0.15, -0.1) is 11.8 Å². The molecule has 0 radical (unpaired) electrons. The molecule has 6 heteroatoms. The van der Waals surface area contributed by atoms with Gasteiger partial charge in [-0.05, 0) is 45.7 Å². The summed E-state index contributed by atoms with van der Waals surface area (Å²) >= 11 is 1.77. The molecule has 2 bridgehead atoms. The first-order valence-electron chi connectivity index (χ1n) is 9.42. The number of nitrogens with zero attached hydrogens (tertiary/aromatic N) is 1. The number of hydrogen-bond donors (Lipinski definition) is 1. The second-order valence-electron chi connectivity index (χ2n) is 8.10. The lowest BCUT2D eigenvalue weighted by Gasteiger charge is -2.29. The molecule has 1 N–H and O–H groups in total. The summed E-state index contributed by atoms with van der Waals surface area (Å²) in [6.07, 6.45) is 2.16. The molecular weight excluding hydrogens is 348 g/mol. The fourth-order valence-electron chi connectivity index (χ4n) is 3.46. The van der Waals surface area contributed by atoms with Gasteiger partial charge in [0, 0.05) is 35.8 Å². The van der Waals surface area contributed by atoms with E-state index in [1.165, 1.54) is 4.90 Å². The normalized spacial score (nSPS) is 23.8. The predicted molar refractivity (Wildman–Crippen MR) is 105 cm³/mol. The molecule has 0 spiro atoms. The van der Waals surface area contributed by atoms with E-state index in [0.717, 1.165) is 38.3 Å². The number of benzene rings is 1. The molecule has 2 aliphatic rings. The zero-order valence-corrected chi connectivity index (χ0v) is 16.8. The van der Waals surface area contributed by atoms with Crippen molar-refractivity contribution in [2.24, 2.45) is 0 Å². The summed E-state index contributed by atoms with van der Waals surface area (Å²) in [7, 11) is 0. The number of carbonyl (C=O) groups excluding carboxylic acids is 1. The van der Waals surface area contributed by atoms with Crippen molar-refractivity contribution in [1.29, 1.82) is 0 Å². The van der Waals surface area contributed by atoms with Crippen molar-refractivity contribution >= 4 is 17.9 Å². The average molecular weight is 379 g/mol. The molecule has 2 heterocycles. The maximum absolute atomic E-state index is 12.2. The standard InChI is InChI=1S/C20H30N2O3S/c1-20(2,3)25-19(23)21-15(14-26-18-7-5-4-6-8-18)9-10-22-12-17-11-16(22)13-24-17/h4-8,15-17H,9-14H2,1-3H3,(H,21,23)/t15-,16+,17+/m1/s1. The molecular formula is C20H30N2O3S. The van der Waals surface area contributed by atoms with Gasteiger partial charge in [0.05, 0.1) is 12.7 Å². The van der Waals surface area contributed by atoms with Gasteiger partial charge in [-0.3, -0.25) is 4.90 Å². The van der Waals surface area contributed by atoms with Gasteiger partial charge in [0.1, 0.15) is 5.60 Å². The summed E-state index contributed by atoms with van der Waals surface area (Å²) in [6.45, 7) is 8.54. The highest BCUT2D eigenvalue weighted by Gasteiger charge is 2.38. The molecule has 1 aromatic carbocycles. The Hall–Kier alpha value is -1.24. The maximum Gasteiger partial charge on any atom is 0.407 e. The number of nitrogens with one attached hydrogen (secondary N) is 1. The van der Waals surface area contributed by atoms with E-state index in [1.807, 2.05) is 39.0 Å². The minimum absolute atomic E-state index is 0.0788. The third-order valence-corrected chi connectivity index (χ3v) is 5.87. The molecule has 0 saturated carbocycles. The van der Waals surface area contributed by atoms with E-state index in [-0.39, 0.29) is 12.1 Å². The summed E-state index contributed by atoms with van der Waals surface area (Å²) in [4.78, 5) is 16.0. The number of hydrogen-bond acceptors (Lipinski definition) is 5. The van der Waals surface area contributed by atoms with Crippen molar-refractivity contribution in [3.63, 3.8) is 0 Å². The van der Waals surface area contributed by atoms with E-state index in [4.69, 9.17) is 9.47 Å². The SMILES string of the molecule is CC(C)(C)OC(=O)N[C@H](CCN1C[C@@H]2C[C@H]1CO2)CSc1ccccc1. The van der Waals surface area contributed by atoms with Gasteiger partial charge in [0.15, 0.2) is 0 Å². The minimum atomic E-state index is -0.480. The summed E-state index contributed by atoms with van der Waals surface area (Å²) < 4.78 is 11.1. The van der Waals surface area contributed by atoms with Crippen LogP contribution in [0.3, 0.4) is 0 Å². The van der Waals surface area contributed by atoms with Crippen LogP contribution in [0.5, 0.6) is 0 Å². The van der Waals surface area contributed by atoms with Crippen LogP contribution in [0, 0.1) is 0 Å². The van der Waals surface area contributed by atoms with Crippen molar-refractivity contribution in [3.8, 4) is 0 Å². The predicted octanol–water partition coefficient (Wildman–Crippen LogP) is 3.54. The van der Waals surface area contributed by atoms with Crippen molar-refractivity contribution < 1.29 is 14.3 Å². The highest BCUT2D eigenvalue weighted by Crippen LogP contribution is 2.28. The minimum Gasteiger partial charge on any atom is -0.444 e. The smallest absolute Gasteiger partial charge is 0.407 e. The number of amides is 1. The number of ether oxygens (including phenoxy) is 2. The Morgan fingerprint density at radius 2 is 2.15 bits per heavy atom. The molecule has 0 aromatic heterocycles. The van der Waals surface area contributed by atoms with Gasteiger partial charge >= 0.3 is 6.09 Å². The number of alkyl carbamates (subject to hydrolysis) is 1. The van der Waals surface area contributed by atoms with Crippen LogP contribution in [-0.4, -0.2) is 60.2 Å². The van der Waals surface area contributed by atoms with Crippen molar-refractivity contribution in [2.75, 3.05) is 25.4 Å². The van der Waals surface area contributed by atoms with E-state index in [0.29, 0.717) is 12.1 Å². The molecule has 2 fully saturated rings. The number of rotatable bonds is 7. The van der Waals surface area contributed by atoms with Gasteiger partial charge in [0.2, 0.25) is 0 Å². The van der Waals surface area contributed by atoms with Crippen LogP contribution in [-0.2, 0) is 9.47 Å². The third-order valence-electron chi connectivity index (χ3n) is 4.69. The molecule has 144 valence electrons. The van der Waals surface area contributed by atoms with Gasteiger partial charge in [-0.25, -0.2) is 4.79 Å². The summed E-state index contributed by atoms with van der Waals surface area (Å²) in [5, 5.41) is 3.07. The molecule has 26 heavy (non-hydrogen) atoms. The first kappa shape index (κ1) is 19.5. The highest BCUT2D eigenvalue weighted by molar-refractivity contribution is 7.99. The number of carbonyl (C=O) groups is 1. The molecule has 1 aromatic rings. The molecule has 2 saturated heterocycles. The number of morpholine rings is 1. The van der Waals surface area contributed by atoms with E-state index in [9.17, 15) is 4.79 Å². The van der Waals surface area contributed by atoms with Crippen LogP contribution in [0.4, 0.5) is 4.79 Å². The van der Waals surface area contributed by atoms with Gasteiger partial charge < -0.3 is 14.8 Å². The van der Waals surface area contributed by atoms with Gasteiger partial charge in [0.25, 0.3) is 0 Å². The monoisotopic (exact) mass is 378 g/mol. The second-order valence-corrected chi connectivity index (χ2v) is 9.19. The highest BCUT2D eigenvalue weighted by atomic mass is 32.2. The Kier molecular flexibility index (Phi) is 6.48. The lowest BCUT2D eigenvalue weighted by atomic mass is 10.2. The Balaban J connectivity index is 1.52. The molecule has 5 nitrogen and oxygen atoms in total. The van der Waals surface area contributed by atoms with Crippen molar-refractivity contribution in [3.05, 3.63) is 30.3 Å². The Morgan fingerprint density at radius 1 is 1.38 bits per heavy atom. The summed E-state index contributed by atoms with van der Waals surface area (Å²) in [6, 6.07) is 10.9. The molecule has 0 unspecified atom stereocenters. The number of likely N-dealkylation sites (tertiary alicyclic amines) is 1. The summed E-state index contributed by atoms with van der Waals surface area (Å²) in [5.74, 6) is 0.835. The fourth-order valence-corrected chi connectivity index (χ4v) is 4.45. The topological polar surface area (TPSA) is 50.8 Å². The van der Waals surface area contributed by atoms with Crippen LogP contribution in [0.2, 0.25) is 0 Å². The number of fused-ring (bicyclic) bond motifs is 2. The van der Waals surface area contributed by atoms with Gasteiger partial charge in [-0.1, -0.05) is 18.2 Å². The van der Waals surface area contributed by atoms with Crippen LogP contribution in [0.25, 0.3) is 0 Å². The van der Waals surface area contributed by atoms with E-state index >= 15 is 0 Å². The Bertz CT molecular complexity index is 590. The first-order chi connectivity index (χ1) is 12.4. The molecule has 3 atom stereocenters. The third kappa shape index (κ3) is 5.89. The lowest BCUT2D eigenvalue weighted by Crippen LogP contribution is -2.44.